The lowest BCUT2D eigenvalue weighted by Gasteiger charge is -2.09. The summed E-state index contributed by atoms with van der Waals surface area (Å²) in [5.74, 6) is 0.338. The van der Waals surface area contributed by atoms with Crippen molar-refractivity contribution in [2.45, 2.75) is 6.92 Å². The Bertz CT molecular complexity index is 325. The summed E-state index contributed by atoms with van der Waals surface area (Å²) in [4.78, 5) is 0. The Morgan fingerprint density at radius 1 is 1.53 bits per heavy atom. The molecule has 1 aromatic carbocycles. The molecule has 15 heavy (non-hydrogen) atoms. The van der Waals surface area contributed by atoms with E-state index >= 15 is 0 Å². The third-order valence-electron chi connectivity index (χ3n) is 1.98. The van der Waals surface area contributed by atoms with Crippen molar-refractivity contribution in [2.24, 2.45) is 0 Å². The molecule has 3 heteroatoms. The molecule has 0 atom stereocenters. The first kappa shape index (κ1) is 11.7. The van der Waals surface area contributed by atoms with Crippen molar-refractivity contribution in [2.75, 3.05) is 19.7 Å². The summed E-state index contributed by atoms with van der Waals surface area (Å²) in [6, 6.07) is 4.54. The van der Waals surface area contributed by atoms with Crippen molar-refractivity contribution in [1.82, 2.24) is 5.32 Å². The quantitative estimate of drug-likeness (QED) is 0.573. The largest absolute Gasteiger partial charge is 0.492 e. The van der Waals surface area contributed by atoms with E-state index in [0.29, 0.717) is 12.4 Å². The van der Waals surface area contributed by atoms with E-state index in [1.54, 1.807) is 12.1 Å². The number of ether oxygens (including phenoxy) is 1. The summed E-state index contributed by atoms with van der Waals surface area (Å²) in [5.41, 5.74) is 0.945. The molecule has 0 bridgehead atoms. The van der Waals surface area contributed by atoms with Gasteiger partial charge in [-0.3, -0.25) is 0 Å². The fraction of sp³-hybridized carbons (Fsp3) is 0.333. The molecule has 0 spiro atoms. The Morgan fingerprint density at radius 2 is 2.33 bits per heavy atom. The van der Waals surface area contributed by atoms with E-state index in [-0.39, 0.29) is 5.82 Å². The van der Waals surface area contributed by atoms with Gasteiger partial charge in [0.1, 0.15) is 18.2 Å². The molecule has 2 nitrogen and oxygen atoms in total. The first-order valence-electron chi connectivity index (χ1n) is 4.94. The molecule has 0 aromatic heterocycles. The number of benzene rings is 1. The van der Waals surface area contributed by atoms with Crippen LogP contribution in [0.2, 0.25) is 0 Å². The lowest BCUT2D eigenvalue weighted by molar-refractivity contribution is 0.313. The smallest absolute Gasteiger partial charge is 0.126 e. The summed E-state index contributed by atoms with van der Waals surface area (Å²) in [6.07, 6.45) is 1.79. The van der Waals surface area contributed by atoms with Crippen LogP contribution in [0, 0.1) is 12.7 Å². The van der Waals surface area contributed by atoms with E-state index in [2.05, 4.69) is 11.9 Å². The molecule has 0 amide bonds. The van der Waals surface area contributed by atoms with Gasteiger partial charge in [0.25, 0.3) is 0 Å². The Kier molecular flexibility index (Phi) is 4.84. The van der Waals surface area contributed by atoms with Crippen molar-refractivity contribution in [1.29, 1.82) is 0 Å². The molecule has 0 saturated heterocycles. The van der Waals surface area contributed by atoms with Gasteiger partial charge in [-0.05, 0) is 18.6 Å². The van der Waals surface area contributed by atoms with Gasteiger partial charge in [0.05, 0.1) is 0 Å². The highest BCUT2D eigenvalue weighted by molar-refractivity contribution is 5.32. The predicted molar refractivity (Wildman–Crippen MR) is 59.7 cm³/mol. The molecule has 0 radical (unpaired) electrons. The van der Waals surface area contributed by atoms with Gasteiger partial charge in [-0.2, -0.15) is 0 Å². The van der Waals surface area contributed by atoms with Crippen molar-refractivity contribution in [3.8, 4) is 5.75 Å². The molecule has 1 aromatic rings. The van der Waals surface area contributed by atoms with E-state index in [4.69, 9.17) is 4.74 Å². The third-order valence-corrected chi connectivity index (χ3v) is 1.98. The van der Waals surface area contributed by atoms with Crippen LogP contribution in [-0.4, -0.2) is 19.7 Å². The molecule has 0 aliphatic rings. The zero-order chi connectivity index (χ0) is 11.1. The maximum Gasteiger partial charge on any atom is 0.126 e. The second-order valence-electron chi connectivity index (χ2n) is 3.25. The standard InChI is InChI=1S/C12H16FNO/c1-3-6-14-7-8-15-12-9-11(13)5-4-10(12)2/h3-5,9,14H,1,6-8H2,2H3. The average molecular weight is 209 g/mol. The SMILES string of the molecule is C=CCNCCOc1cc(F)ccc1C. The Hall–Kier alpha value is -1.35. The highest BCUT2D eigenvalue weighted by atomic mass is 19.1. The topological polar surface area (TPSA) is 21.3 Å². The second-order valence-corrected chi connectivity index (χ2v) is 3.25. The summed E-state index contributed by atoms with van der Waals surface area (Å²) in [5, 5.41) is 3.10. The van der Waals surface area contributed by atoms with Crippen LogP contribution in [0.25, 0.3) is 0 Å². The van der Waals surface area contributed by atoms with Crippen molar-refractivity contribution in [3.05, 3.63) is 42.2 Å². The first-order chi connectivity index (χ1) is 7.24. The van der Waals surface area contributed by atoms with Crippen LogP contribution < -0.4 is 10.1 Å². The Labute approximate surface area is 89.8 Å². The second kappa shape index (κ2) is 6.19. The molecule has 82 valence electrons. The number of hydrogen-bond acceptors (Lipinski definition) is 2. The monoisotopic (exact) mass is 209 g/mol. The van der Waals surface area contributed by atoms with Crippen LogP contribution >= 0.6 is 0 Å². The molecule has 1 N–H and O–H groups in total. The summed E-state index contributed by atoms with van der Waals surface area (Å²) in [6.45, 7) is 7.49. The fourth-order valence-electron chi connectivity index (χ4n) is 1.17. The molecule has 0 aliphatic carbocycles. The van der Waals surface area contributed by atoms with Gasteiger partial charge < -0.3 is 10.1 Å². The van der Waals surface area contributed by atoms with Crippen molar-refractivity contribution in [3.63, 3.8) is 0 Å². The molecule has 0 unspecified atom stereocenters. The third kappa shape index (κ3) is 4.13. The van der Waals surface area contributed by atoms with E-state index < -0.39 is 0 Å². The van der Waals surface area contributed by atoms with Gasteiger partial charge in [-0.25, -0.2) is 4.39 Å². The molecular formula is C12H16FNO. The average Bonchev–Trinajstić information content (AvgIpc) is 2.23. The van der Waals surface area contributed by atoms with E-state index in [0.717, 1.165) is 18.7 Å². The highest BCUT2D eigenvalue weighted by Gasteiger charge is 2.00. The first-order valence-corrected chi connectivity index (χ1v) is 4.94. The van der Waals surface area contributed by atoms with Gasteiger partial charge >= 0.3 is 0 Å². The lowest BCUT2D eigenvalue weighted by Crippen LogP contribution is -2.21. The van der Waals surface area contributed by atoms with E-state index in [9.17, 15) is 4.39 Å². The van der Waals surface area contributed by atoms with E-state index in [1.165, 1.54) is 12.1 Å². The minimum atomic E-state index is -0.269. The van der Waals surface area contributed by atoms with Gasteiger partial charge in [-0.15, -0.1) is 6.58 Å². The highest BCUT2D eigenvalue weighted by Crippen LogP contribution is 2.18. The summed E-state index contributed by atoms with van der Waals surface area (Å²) < 4.78 is 18.3. The van der Waals surface area contributed by atoms with E-state index in [1.807, 2.05) is 6.92 Å². The summed E-state index contributed by atoms with van der Waals surface area (Å²) >= 11 is 0. The predicted octanol–water partition coefficient (Wildman–Crippen LogP) is 2.29. The number of hydrogen-bond donors (Lipinski definition) is 1. The number of halogens is 1. The molecule has 0 fully saturated rings. The number of nitrogens with one attached hydrogen (secondary N) is 1. The van der Waals surface area contributed by atoms with Gasteiger partial charge in [-0.1, -0.05) is 12.1 Å². The molecule has 0 saturated carbocycles. The van der Waals surface area contributed by atoms with Gasteiger partial charge in [0.2, 0.25) is 0 Å². The minimum absolute atomic E-state index is 0.269. The van der Waals surface area contributed by atoms with Crippen molar-refractivity contribution < 1.29 is 9.13 Å². The molecular weight excluding hydrogens is 193 g/mol. The number of aryl methyl sites for hydroxylation is 1. The fourth-order valence-corrected chi connectivity index (χ4v) is 1.17. The Morgan fingerprint density at radius 3 is 3.07 bits per heavy atom. The van der Waals surface area contributed by atoms with Crippen LogP contribution in [0.1, 0.15) is 5.56 Å². The maximum absolute atomic E-state index is 12.9. The number of rotatable bonds is 6. The van der Waals surface area contributed by atoms with Crippen LogP contribution in [0.15, 0.2) is 30.9 Å². The summed E-state index contributed by atoms with van der Waals surface area (Å²) in [7, 11) is 0. The normalized spacial score (nSPS) is 10.0. The van der Waals surface area contributed by atoms with Gasteiger partial charge in [0.15, 0.2) is 0 Å². The van der Waals surface area contributed by atoms with Crippen LogP contribution in [0.3, 0.4) is 0 Å². The maximum atomic E-state index is 12.9. The molecule has 0 aliphatic heterocycles. The minimum Gasteiger partial charge on any atom is -0.492 e. The van der Waals surface area contributed by atoms with Crippen LogP contribution in [0.4, 0.5) is 4.39 Å². The van der Waals surface area contributed by atoms with Gasteiger partial charge in [0, 0.05) is 19.2 Å². The zero-order valence-corrected chi connectivity index (χ0v) is 8.92. The Balaban J connectivity index is 2.36. The van der Waals surface area contributed by atoms with Crippen LogP contribution in [0.5, 0.6) is 5.75 Å². The lowest BCUT2D eigenvalue weighted by atomic mass is 10.2. The zero-order valence-electron chi connectivity index (χ0n) is 8.92. The van der Waals surface area contributed by atoms with Crippen LogP contribution in [-0.2, 0) is 0 Å². The van der Waals surface area contributed by atoms with Crippen molar-refractivity contribution >= 4 is 0 Å². The molecule has 1 rings (SSSR count). The molecule has 0 heterocycles.